The van der Waals surface area contributed by atoms with E-state index >= 15 is 0 Å². The molecule has 2 fully saturated rings. The molecule has 106 valence electrons. The summed E-state index contributed by atoms with van der Waals surface area (Å²) in [5.41, 5.74) is 0. The van der Waals surface area contributed by atoms with Crippen LogP contribution in [-0.2, 0) is 0 Å². The van der Waals surface area contributed by atoms with Crippen molar-refractivity contribution < 1.29 is 0 Å². The zero-order valence-electron chi connectivity index (χ0n) is 12.6. The highest BCUT2D eigenvalue weighted by atomic mass is 15.2. The third-order valence-electron chi connectivity index (χ3n) is 5.02. The van der Waals surface area contributed by atoms with Crippen molar-refractivity contribution in [3.05, 3.63) is 0 Å². The van der Waals surface area contributed by atoms with Crippen LogP contribution in [0.5, 0.6) is 0 Å². The van der Waals surface area contributed by atoms with Crippen LogP contribution in [0, 0.1) is 11.8 Å². The lowest BCUT2D eigenvalue weighted by atomic mass is 9.79. The summed E-state index contributed by atoms with van der Waals surface area (Å²) >= 11 is 0. The van der Waals surface area contributed by atoms with Gasteiger partial charge in [-0.2, -0.15) is 0 Å². The van der Waals surface area contributed by atoms with Crippen LogP contribution in [0.15, 0.2) is 0 Å². The van der Waals surface area contributed by atoms with Crippen LogP contribution >= 0.6 is 0 Å². The maximum absolute atomic E-state index is 3.77. The number of rotatable bonds is 6. The molecule has 1 saturated heterocycles. The van der Waals surface area contributed by atoms with Gasteiger partial charge in [-0.3, -0.25) is 4.90 Å². The van der Waals surface area contributed by atoms with Crippen LogP contribution in [-0.4, -0.2) is 36.6 Å². The van der Waals surface area contributed by atoms with E-state index in [0.29, 0.717) is 0 Å². The Labute approximate surface area is 114 Å². The minimum absolute atomic E-state index is 0.750. The Morgan fingerprint density at radius 2 is 1.89 bits per heavy atom. The molecule has 2 rings (SSSR count). The summed E-state index contributed by atoms with van der Waals surface area (Å²) in [4.78, 5) is 2.75. The molecule has 1 saturated carbocycles. The molecule has 2 atom stereocenters. The lowest BCUT2D eigenvalue weighted by Crippen LogP contribution is -2.51. The summed E-state index contributed by atoms with van der Waals surface area (Å²) in [6.07, 6.45) is 8.50. The molecule has 1 heterocycles. The van der Waals surface area contributed by atoms with Gasteiger partial charge in [0.25, 0.3) is 0 Å². The van der Waals surface area contributed by atoms with Crippen molar-refractivity contribution in [1.29, 1.82) is 0 Å². The van der Waals surface area contributed by atoms with E-state index in [1.807, 2.05) is 0 Å². The van der Waals surface area contributed by atoms with E-state index in [1.165, 1.54) is 58.2 Å². The second kappa shape index (κ2) is 6.91. The van der Waals surface area contributed by atoms with Crippen LogP contribution in [0.3, 0.4) is 0 Å². The zero-order chi connectivity index (χ0) is 13.0. The number of nitrogens with zero attached hydrogens (tertiary/aromatic N) is 1. The summed E-state index contributed by atoms with van der Waals surface area (Å²) in [6.45, 7) is 10.9. The van der Waals surface area contributed by atoms with Crippen molar-refractivity contribution in [3.63, 3.8) is 0 Å². The first-order chi connectivity index (χ1) is 8.66. The van der Waals surface area contributed by atoms with E-state index in [2.05, 4.69) is 31.0 Å². The molecule has 0 aromatic rings. The molecule has 1 aliphatic heterocycles. The molecular weight excluding hydrogens is 220 g/mol. The van der Waals surface area contributed by atoms with E-state index in [-0.39, 0.29) is 0 Å². The normalized spacial score (nSPS) is 28.3. The van der Waals surface area contributed by atoms with Gasteiger partial charge in [-0.25, -0.2) is 0 Å². The van der Waals surface area contributed by atoms with E-state index < -0.39 is 0 Å². The summed E-state index contributed by atoms with van der Waals surface area (Å²) in [6, 6.07) is 1.58. The monoisotopic (exact) mass is 252 g/mol. The Hall–Kier alpha value is -0.0800. The number of nitrogens with one attached hydrogen (secondary N) is 1. The standard InChI is InChI=1S/C16H32N2/c1-13(2)9-10-17-16-8-5-11-18(12-16)14(3)15-6-4-7-15/h13-17H,4-12H2,1-3H3. The molecular formula is C16H32N2. The van der Waals surface area contributed by atoms with Crippen LogP contribution in [0.2, 0.25) is 0 Å². The van der Waals surface area contributed by atoms with Crippen molar-refractivity contribution in [2.75, 3.05) is 19.6 Å². The SMILES string of the molecule is CC(C)CCNC1CCCN(C(C)C2CCC2)C1. The molecule has 0 aromatic carbocycles. The second-order valence-corrected chi connectivity index (χ2v) is 6.90. The lowest BCUT2D eigenvalue weighted by Gasteiger charge is -2.43. The quantitative estimate of drug-likeness (QED) is 0.780. The van der Waals surface area contributed by atoms with E-state index in [0.717, 1.165) is 23.9 Å². The molecule has 0 amide bonds. The molecule has 0 radical (unpaired) electrons. The minimum atomic E-state index is 0.750. The van der Waals surface area contributed by atoms with Crippen LogP contribution in [0.1, 0.15) is 59.3 Å². The molecule has 0 aromatic heterocycles. The van der Waals surface area contributed by atoms with Gasteiger partial charge in [-0.05, 0) is 64.0 Å². The molecule has 0 spiro atoms. The summed E-state index contributed by atoms with van der Waals surface area (Å²) in [7, 11) is 0. The van der Waals surface area contributed by atoms with Gasteiger partial charge in [0, 0.05) is 18.6 Å². The molecule has 0 bridgehead atoms. The van der Waals surface area contributed by atoms with Crippen molar-refractivity contribution >= 4 is 0 Å². The Morgan fingerprint density at radius 1 is 1.11 bits per heavy atom. The van der Waals surface area contributed by atoms with Gasteiger partial charge in [0.1, 0.15) is 0 Å². The molecule has 2 aliphatic rings. The second-order valence-electron chi connectivity index (χ2n) is 6.90. The van der Waals surface area contributed by atoms with Crippen LogP contribution in [0.4, 0.5) is 0 Å². The Balaban J connectivity index is 1.70. The first kappa shape index (κ1) is 14.3. The van der Waals surface area contributed by atoms with Gasteiger partial charge >= 0.3 is 0 Å². The van der Waals surface area contributed by atoms with Crippen molar-refractivity contribution in [3.8, 4) is 0 Å². The number of piperidine rings is 1. The van der Waals surface area contributed by atoms with Crippen molar-refractivity contribution in [1.82, 2.24) is 10.2 Å². The van der Waals surface area contributed by atoms with Gasteiger partial charge in [-0.1, -0.05) is 20.3 Å². The third-order valence-corrected chi connectivity index (χ3v) is 5.02. The summed E-state index contributed by atoms with van der Waals surface area (Å²) in [5, 5.41) is 3.77. The van der Waals surface area contributed by atoms with Gasteiger partial charge in [0.2, 0.25) is 0 Å². The Bertz CT molecular complexity index is 235. The average molecular weight is 252 g/mol. The largest absolute Gasteiger partial charge is 0.313 e. The van der Waals surface area contributed by atoms with Gasteiger partial charge in [0.15, 0.2) is 0 Å². The smallest absolute Gasteiger partial charge is 0.0195 e. The lowest BCUT2D eigenvalue weighted by molar-refractivity contribution is 0.0761. The maximum atomic E-state index is 3.77. The fraction of sp³-hybridized carbons (Fsp3) is 1.00. The topological polar surface area (TPSA) is 15.3 Å². The Kier molecular flexibility index (Phi) is 5.50. The predicted octanol–water partition coefficient (Wildman–Crippen LogP) is 3.28. The highest BCUT2D eigenvalue weighted by molar-refractivity contribution is 4.87. The first-order valence-electron chi connectivity index (χ1n) is 8.14. The van der Waals surface area contributed by atoms with E-state index in [4.69, 9.17) is 0 Å². The van der Waals surface area contributed by atoms with E-state index in [1.54, 1.807) is 0 Å². The number of hydrogen-bond donors (Lipinski definition) is 1. The number of hydrogen-bond acceptors (Lipinski definition) is 2. The fourth-order valence-electron chi connectivity index (χ4n) is 3.34. The van der Waals surface area contributed by atoms with Crippen molar-refractivity contribution in [2.45, 2.75) is 71.4 Å². The molecule has 2 heteroatoms. The first-order valence-corrected chi connectivity index (χ1v) is 8.14. The maximum Gasteiger partial charge on any atom is 0.0195 e. The van der Waals surface area contributed by atoms with E-state index in [9.17, 15) is 0 Å². The van der Waals surface area contributed by atoms with Gasteiger partial charge < -0.3 is 5.32 Å². The van der Waals surface area contributed by atoms with Crippen LogP contribution in [0.25, 0.3) is 0 Å². The molecule has 1 aliphatic carbocycles. The molecule has 2 unspecified atom stereocenters. The average Bonchev–Trinajstić information content (AvgIpc) is 2.26. The minimum Gasteiger partial charge on any atom is -0.313 e. The van der Waals surface area contributed by atoms with Gasteiger partial charge in [-0.15, -0.1) is 0 Å². The molecule has 18 heavy (non-hydrogen) atoms. The highest BCUT2D eigenvalue weighted by Crippen LogP contribution is 2.33. The molecule has 2 nitrogen and oxygen atoms in total. The zero-order valence-corrected chi connectivity index (χ0v) is 12.6. The van der Waals surface area contributed by atoms with Crippen molar-refractivity contribution in [2.24, 2.45) is 11.8 Å². The predicted molar refractivity (Wildman–Crippen MR) is 78.9 cm³/mol. The highest BCUT2D eigenvalue weighted by Gasteiger charge is 2.31. The fourth-order valence-corrected chi connectivity index (χ4v) is 3.34. The Morgan fingerprint density at radius 3 is 2.50 bits per heavy atom. The summed E-state index contributed by atoms with van der Waals surface area (Å²) in [5.74, 6) is 1.82. The van der Waals surface area contributed by atoms with Gasteiger partial charge in [0.05, 0.1) is 0 Å². The summed E-state index contributed by atoms with van der Waals surface area (Å²) < 4.78 is 0. The third kappa shape index (κ3) is 3.96. The van der Waals surface area contributed by atoms with Crippen LogP contribution < -0.4 is 5.32 Å². The molecule has 1 N–H and O–H groups in total. The number of likely N-dealkylation sites (tertiary alicyclic amines) is 1.